The van der Waals surface area contributed by atoms with Gasteiger partial charge in [-0.2, -0.15) is 0 Å². The van der Waals surface area contributed by atoms with Gasteiger partial charge in [0.05, 0.1) is 6.54 Å². The molecular formula is C14H16F2NO. The Morgan fingerprint density at radius 3 is 2.78 bits per heavy atom. The van der Waals surface area contributed by atoms with Crippen LogP contribution in [-0.4, -0.2) is 23.8 Å². The second-order valence-electron chi connectivity index (χ2n) is 5.04. The molecule has 1 aromatic carbocycles. The molecule has 1 radical (unpaired) electrons. The van der Waals surface area contributed by atoms with Gasteiger partial charge in [-0.3, -0.25) is 9.69 Å². The van der Waals surface area contributed by atoms with Gasteiger partial charge < -0.3 is 0 Å². The molecule has 97 valence electrons. The first kappa shape index (κ1) is 13.1. The Kier molecular flexibility index (Phi) is 3.76. The molecule has 0 N–H and O–H groups in total. The summed E-state index contributed by atoms with van der Waals surface area (Å²) in [4.78, 5) is 13.4. The van der Waals surface area contributed by atoms with Gasteiger partial charge in [0.2, 0.25) is 0 Å². The van der Waals surface area contributed by atoms with Crippen LogP contribution in [0.1, 0.15) is 31.9 Å². The van der Waals surface area contributed by atoms with E-state index < -0.39 is 11.6 Å². The number of likely N-dealkylation sites (tertiary alicyclic amines) is 1. The van der Waals surface area contributed by atoms with Crippen molar-refractivity contribution in [2.45, 2.75) is 26.3 Å². The highest BCUT2D eigenvalue weighted by molar-refractivity contribution is 5.83. The summed E-state index contributed by atoms with van der Waals surface area (Å²) in [6, 6.07) is 3.06. The molecule has 2 rings (SSSR count). The van der Waals surface area contributed by atoms with E-state index in [4.69, 9.17) is 0 Å². The normalized spacial score (nSPS) is 20.9. The Morgan fingerprint density at radius 1 is 1.39 bits per heavy atom. The van der Waals surface area contributed by atoms with Crippen molar-refractivity contribution < 1.29 is 13.6 Å². The number of hydrogen-bond donors (Lipinski definition) is 0. The van der Waals surface area contributed by atoms with Crippen LogP contribution in [0.4, 0.5) is 8.78 Å². The van der Waals surface area contributed by atoms with Crippen LogP contribution in [0.15, 0.2) is 18.2 Å². The molecule has 1 aliphatic rings. The maximum atomic E-state index is 13.7. The number of hydrogen-bond acceptors (Lipinski definition) is 2. The maximum Gasteiger partial charge on any atom is 0.148 e. The molecule has 0 aliphatic carbocycles. The van der Waals surface area contributed by atoms with Crippen molar-refractivity contribution >= 4 is 5.78 Å². The van der Waals surface area contributed by atoms with E-state index in [2.05, 4.69) is 0 Å². The van der Waals surface area contributed by atoms with Gasteiger partial charge in [-0.15, -0.1) is 0 Å². The van der Waals surface area contributed by atoms with Crippen LogP contribution in [0.5, 0.6) is 0 Å². The van der Waals surface area contributed by atoms with Crippen LogP contribution in [0, 0.1) is 17.6 Å². The molecule has 1 unspecified atom stereocenters. The highest BCUT2D eigenvalue weighted by Crippen LogP contribution is 2.32. The topological polar surface area (TPSA) is 20.3 Å². The number of carbonyl (C=O) groups is 1. The molecule has 1 aromatic rings. The van der Waals surface area contributed by atoms with Gasteiger partial charge in [-0.25, -0.2) is 8.78 Å². The number of carbonyl (C=O) groups excluding carboxylic acids is 1. The molecule has 0 amide bonds. The molecule has 0 aromatic heterocycles. The number of Topliss-reactive ketones (excluding diaryl/α,β-unsaturated/α-hetero) is 1. The zero-order valence-corrected chi connectivity index (χ0v) is 10.5. The van der Waals surface area contributed by atoms with E-state index >= 15 is 0 Å². The third kappa shape index (κ3) is 2.75. The minimum Gasteiger partial charge on any atom is -0.298 e. The molecular weight excluding hydrogens is 236 g/mol. The summed E-state index contributed by atoms with van der Waals surface area (Å²) in [5, 5.41) is 0. The lowest BCUT2D eigenvalue weighted by Crippen LogP contribution is -2.28. The second kappa shape index (κ2) is 5.14. The monoisotopic (exact) mass is 252 g/mol. The number of rotatable bonds is 3. The summed E-state index contributed by atoms with van der Waals surface area (Å²) in [6.07, 6.45) is 0.258. The van der Waals surface area contributed by atoms with E-state index in [0.717, 1.165) is 18.1 Å². The van der Waals surface area contributed by atoms with Crippen LogP contribution < -0.4 is 0 Å². The first-order valence-electron chi connectivity index (χ1n) is 5.97. The Balaban J connectivity index is 2.29. The van der Waals surface area contributed by atoms with E-state index in [9.17, 15) is 13.6 Å². The summed E-state index contributed by atoms with van der Waals surface area (Å²) < 4.78 is 27.0. The first-order valence-corrected chi connectivity index (χ1v) is 5.97. The fourth-order valence-corrected chi connectivity index (χ4v) is 2.39. The Labute approximate surface area is 106 Å². The third-order valence-corrected chi connectivity index (χ3v) is 3.08. The van der Waals surface area contributed by atoms with Gasteiger partial charge >= 0.3 is 0 Å². The summed E-state index contributed by atoms with van der Waals surface area (Å²) in [6.45, 7) is 4.86. The van der Waals surface area contributed by atoms with Crippen molar-refractivity contribution in [2.75, 3.05) is 13.1 Å². The quantitative estimate of drug-likeness (QED) is 0.824. The molecule has 1 heterocycles. The predicted molar refractivity (Wildman–Crippen MR) is 64.9 cm³/mol. The number of halogens is 2. The van der Waals surface area contributed by atoms with Gasteiger partial charge in [0.25, 0.3) is 0 Å². The van der Waals surface area contributed by atoms with E-state index in [-0.39, 0.29) is 23.8 Å². The molecule has 1 aliphatic heterocycles. The largest absolute Gasteiger partial charge is 0.298 e. The lowest BCUT2D eigenvalue weighted by molar-refractivity contribution is -0.116. The summed E-state index contributed by atoms with van der Waals surface area (Å²) in [5.74, 6) is 0.300. The van der Waals surface area contributed by atoms with Gasteiger partial charge in [0.15, 0.2) is 0 Å². The lowest BCUT2D eigenvalue weighted by atomic mass is 10.0. The fourth-order valence-electron chi connectivity index (χ4n) is 2.39. The molecule has 0 spiro atoms. The van der Waals surface area contributed by atoms with Gasteiger partial charge in [-0.05, 0) is 24.1 Å². The average molecular weight is 252 g/mol. The molecule has 0 bridgehead atoms. The zero-order valence-electron chi connectivity index (χ0n) is 10.5. The third-order valence-electron chi connectivity index (χ3n) is 3.08. The molecule has 2 nitrogen and oxygen atoms in total. The molecule has 18 heavy (non-hydrogen) atoms. The molecule has 0 saturated carbocycles. The smallest absolute Gasteiger partial charge is 0.148 e. The maximum absolute atomic E-state index is 13.7. The highest BCUT2D eigenvalue weighted by Gasteiger charge is 2.33. The van der Waals surface area contributed by atoms with Crippen molar-refractivity contribution in [2.24, 2.45) is 0 Å². The molecule has 4 heteroatoms. The average Bonchev–Trinajstić information content (AvgIpc) is 2.62. The lowest BCUT2D eigenvalue weighted by Gasteiger charge is -2.25. The summed E-state index contributed by atoms with van der Waals surface area (Å²) in [7, 11) is 0. The summed E-state index contributed by atoms with van der Waals surface area (Å²) in [5.41, 5.74) is 0.280. The van der Waals surface area contributed by atoms with Gasteiger partial charge in [0.1, 0.15) is 17.4 Å². The number of benzene rings is 1. The van der Waals surface area contributed by atoms with Crippen LogP contribution in [0.25, 0.3) is 0 Å². The van der Waals surface area contributed by atoms with Gasteiger partial charge in [-0.1, -0.05) is 13.8 Å². The second-order valence-corrected chi connectivity index (χ2v) is 5.04. The van der Waals surface area contributed by atoms with E-state index in [1.165, 1.54) is 6.07 Å². The summed E-state index contributed by atoms with van der Waals surface area (Å²) >= 11 is 0. The van der Waals surface area contributed by atoms with Crippen LogP contribution in [-0.2, 0) is 4.79 Å². The molecule has 1 fully saturated rings. The molecule has 1 saturated heterocycles. The number of nitrogens with zero attached hydrogens (tertiary/aromatic N) is 1. The minimum atomic E-state index is -0.470. The Bertz CT molecular complexity index is 459. The van der Waals surface area contributed by atoms with Crippen LogP contribution >= 0.6 is 0 Å². The Hall–Kier alpha value is -1.29. The van der Waals surface area contributed by atoms with E-state index in [1.807, 2.05) is 18.7 Å². The van der Waals surface area contributed by atoms with E-state index in [1.54, 1.807) is 0 Å². The van der Waals surface area contributed by atoms with Crippen molar-refractivity contribution in [1.29, 1.82) is 0 Å². The fraction of sp³-hybridized carbons (Fsp3) is 0.429. The molecule has 1 atom stereocenters. The van der Waals surface area contributed by atoms with E-state index in [0.29, 0.717) is 13.1 Å². The van der Waals surface area contributed by atoms with Crippen molar-refractivity contribution in [3.05, 3.63) is 41.3 Å². The van der Waals surface area contributed by atoms with Gasteiger partial charge in [0, 0.05) is 24.6 Å². The predicted octanol–water partition coefficient (Wildman–Crippen LogP) is 2.89. The SMILES string of the molecule is C[C](C)CN1CC(=O)CC1c1cc(F)ccc1F. The highest BCUT2D eigenvalue weighted by atomic mass is 19.1. The minimum absolute atomic E-state index is 0.0740. The van der Waals surface area contributed by atoms with Crippen molar-refractivity contribution in [3.63, 3.8) is 0 Å². The van der Waals surface area contributed by atoms with Crippen LogP contribution in [0.2, 0.25) is 0 Å². The number of ketones is 1. The zero-order chi connectivity index (χ0) is 13.3. The Morgan fingerprint density at radius 2 is 2.11 bits per heavy atom. The van der Waals surface area contributed by atoms with Crippen LogP contribution in [0.3, 0.4) is 0 Å². The van der Waals surface area contributed by atoms with Crippen molar-refractivity contribution in [1.82, 2.24) is 4.90 Å². The standard InChI is InChI=1S/C14H16F2NO/c1-9(2)7-17-8-11(18)6-14(17)12-5-10(15)3-4-13(12)16/h3-5,14H,6-8H2,1-2H3. The first-order chi connectivity index (χ1) is 8.47. The van der Waals surface area contributed by atoms with Crippen molar-refractivity contribution in [3.8, 4) is 0 Å².